The Morgan fingerprint density at radius 1 is 0.780 bits per heavy atom. The van der Waals surface area contributed by atoms with Crippen molar-refractivity contribution in [1.82, 2.24) is 5.32 Å². The predicted molar refractivity (Wildman–Crippen MR) is 158 cm³/mol. The van der Waals surface area contributed by atoms with E-state index in [1.807, 2.05) is 43.3 Å². The third-order valence-electron chi connectivity index (χ3n) is 6.28. The number of urea groups is 1. The van der Waals surface area contributed by atoms with Crippen molar-refractivity contribution in [1.29, 1.82) is 0 Å². The molecule has 1 fully saturated rings. The van der Waals surface area contributed by atoms with Gasteiger partial charge in [-0.15, -0.1) is 0 Å². The maximum absolute atomic E-state index is 13.4. The van der Waals surface area contributed by atoms with E-state index >= 15 is 0 Å². The van der Waals surface area contributed by atoms with E-state index < -0.39 is 17.8 Å². The SMILES string of the molecule is Cc1ccc(COc2ccc(N3C(=O)NC(=O)/C(=C\c4cc(Cl)ccc4OCc4cccc(Cl)c4)C3=O)cc2)cc1. The van der Waals surface area contributed by atoms with E-state index in [4.69, 9.17) is 32.7 Å². The van der Waals surface area contributed by atoms with Gasteiger partial charge in [-0.2, -0.15) is 0 Å². The average molecular weight is 587 g/mol. The second kappa shape index (κ2) is 12.3. The Bertz CT molecular complexity index is 1650. The van der Waals surface area contributed by atoms with E-state index in [-0.39, 0.29) is 17.9 Å². The van der Waals surface area contributed by atoms with Crippen LogP contribution in [0.3, 0.4) is 0 Å². The minimum Gasteiger partial charge on any atom is -0.489 e. The van der Waals surface area contributed by atoms with Crippen LogP contribution in [0.25, 0.3) is 6.08 Å². The summed E-state index contributed by atoms with van der Waals surface area (Å²) in [6, 6.07) is 25.7. The molecular formula is C32H24Cl2N2O5. The van der Waals surface area contributed by atoms with Crippen molar-refractivity contribution < 1.29 is 23.9 Å². The van der Waals surface area contributed by atoms with Gasteiger partial charge in [0.05, 0.1) is 5.69 Å². The number of nitrogens with one attached hydrogen (secondary N) is 1. The molecule has 41 heavy (non-hydrogen) atoms. The van der Waals surface area contributed by atoms with Crippen molar-refractivity contribution in [2.75, 3.05) is 4.90 Å². The van der Waals surface area contributed by atoms with E-state index in [1.165, 1.54) is 6.08 Å². The third kappa shape index (κ3) is 6.77. The third-order valence-corrected chi connectivity index (χ3v) is 6.75. The second-order valence-corrected chi connectivity index (χ2v) is 10.2. The number of aryl methyl sites for hydroxylation is 1. The summed E-state index contributed by atoms with van der Waals surface area (Å²) < 4.78 is 11.8. The fraction of sp³-hybridized carbons (Fsp3) is 0.0938. The van der Waals surface area contributed by atoms with Crippen LogP contribution in [0.4, 0.5) is 10.5 Å². The second-order valence-electron chi connectivity index (χ2n) is 9.33. The first-order valence-electron chi connectivity index (χ1n) is 12.6. The Balaban J connectivity index is 1.35. The number of benzene rings is 4. The lowest BCUT2D eigenvalue weighted by Crippen LogP contribution is -2.54. The van der Waals surface area contributed by atoms with Gasteiger partial charge in [0.15, 0.2) is 0 Å². The smallest absolute Gasteiger partial charge is 0.335 e. The van der Waals surface area contributed by atoms with Gasteiger partial charge in [0.25, 0.3) is 11.8 Å². The first-order valence-corrected chi connectivity index (χ1v) is 13.4. The summed E-state index contributed by atoms with van der Waals surface area (Å²) in [5.41, 5.74) is 3.42. The number of nitrogens with zero attached hydrogens (tertiary/aromatic N) is 1. The van der Waals surface area contributed by atoms with Gasteiger partial charge in [0.2, 0.25) is 0 Å². The zero-order valence-electron chi connectivity index (χ0n) is 21.9. The Kier molecular flexibility index (Phi) is 8.38. The number of anilines is 1. The number of hydrogen-bond donors (Lipinski definition) is 1. The van der Waals surface area contributed by atoms with Crippen molar-refractivity contribution >= 4 is 52.8 Å². The fourth-order valence-corrected chi connectivity index (χ4v) is 4.53. The van der Waals surface area contributed by atoms with Gasteiger partial charge in [0, 0.05) is 15.6 Å². The molecule has 5 rings (SSSR count). The highest BCUT2D eigenvalue weighted by Crippen LogP contribution is 2.29. The monoisotopic (exact) mass is 586 g/mol. The molecule has 7 nitrogen and oxygen atoms in total. The number of halogens is 2. The van der Waals surface area contributed by atoms with Crippen LogP contribution in [-0.4, -0.2) is 17.8 Å². The maximum atomic E-state index is 13.4. The molecule has 4 aromatic carbocycles. The highest BCUT2D eigenvalue weighted by molar-refractivity contribution is 6.39. The molecular weight excluding hydrogens is 563 g/mol. The zero-order chi connectivity index (χ0) is 28.9. The lowest BCUT2D eigenvalue weighted by Gasteiger charge is -2.26. The summed E-state index contributed by atoms with van der Waals surface area (Å²) >= 11 is 12.3. The van der Waals surface area contributed by atoms with Gasteiger partial charge in [-0.3, -0.25) is 14.9 Å². The summed E-state index contributed by atoms with van der Waals surface area (Å²) in [7, 11) is 0. The van der Waals surface area contributed by atoms with Crippen molar-refractivity contribution in [2.45, 2.75) is 20.1 Å². The van der Waals surface area contributed by atoms with Crippen molar-refractivity contribution in [3.8, 4) is 11.5 Å². The largest absolute Gasteiger partial charge is 0.489 e. The first-order chi connectivity index (χ1) is 19.8. The predicted octanol–water partition coefficient (Wildman–Crippen LogP) is 7.13. The van der Waals surface area contributed by atoms with E-state index in [0.717, 1.165) is 21.6 Å². The fourth-order valence-electron chi connectivity index (χ4n) is 4.14. The molecule has 4 amide bonds. The standard InChI is InChI=1S/C32H24Cl2N2O5/c1-20-5-7-21(8-6-20)18-40-27-12-10-26(11-13-27)36-31(38)28(30(37)35-32(36)39)17-23-16-25(34)9-14-29(23)41-19-22-3-2-4-24(33)15-22/h2-17H,18-19H2,1H3,(H,35,37,39)/b28-17+. The molecule has 0 bridgehead atoms. The summed E-state index contributed by atoms with van der Waals surface area (Å²) in [6.07, 6.45) is 1.36. The molecule has 206 valence electrons. The minimum absolute atomic E-state index is 0.196. The molecule has 1 aliphatic heterocycles. The number of ether oxygens (including phenoxy) is 2. The number of rotatable bonds is 8. The van der Waals surface area contributed by atoms with Crippen LogP contribution in [-0.2, 0) is 22.8 Å². The van der Waals surface area contributed by atoms with Crippen molar-refractivity contribution in [3.63, 3.8) is 0 Å². The molecule has 9 heteroatoms. The quantitative estimate of drug-likeness (QED) is 0.175. The molecule has 1 heterocycles. The number of hydrogen-bond acceptors (Lipinski definition) is 5. The van der Waals surface area contributed by atoms with Crippen molar-refractivity contribution in [3.05, 3.63) is 129 Å². The lowest BCUT2D eigenvalue weighted by atomic mass is 10.1. The minimum atomic E-state index is -0.853. The lowest BCUT2D eigenvalue weighted by molar-refractivity contribution is -0.122. The van der Waals surface area contributed by atoms with E-state index in [2.05, 4.69) is 5.32 Å². The van der Waals surface area contributed by atoms with Crippen LogP contribution in [0.1, 0.15) is 22.3 Å². The molecule has 1 N–H and O–H groups in total. The number of barbiturate groups is 1. The van der Waals surface area contributed by atoms with E-state index in [1.54, 1.807) is 54.6 Å². The topological polar surface area (TPSA) is 84.9 Å². The Morgan fingerprint density at radius 2 is 1.49 bits per heavy atom. The van der Waals surface area contributed by atoms with Gasteiger partial charge in [0.1, 0.15) is 30.3 Å². The number of carbonyl (C=O) groups is 3. The molecule has 0 unspecified atom stereocenters. The molecule has 0 radical (unpaired) electrons. The van der Waals surface area contributed by atoms with Crippen LogP contribution in [0.5, 0.6) is 11.5 Å². The van der Waals surface area contributed by atoms with Gasteiger partial charge < -0.3 is 9.47 Å². The average Bonchev–Trinajstić information content (AvgIpc) is 2.95. The molecule has 0 aromatic heterocycles. The molecule has 0 saturated carbocycles. The highest BCUT2D eigenvalue weighted by atomic mass is 35.5. The molecule has 1 saturated heterocycles. The Morgan fingerprint density at radius 3 is 2.22 bits per heavy atom. The van der Waals surface area contributed by atoms with Gasteiger partial charge in [-0.1, -0.05) is 65.2 Å². The van der Waals surface area contributed by atoms with Gasteiger partial charge >= 0.3 is 6.03 Å². The Hall–Kier alpha value is -4.59. The summed E-state index contributed by atoms with van der Waals surface area (Å²) in [6.45, 7) is 2.58. The summed E-state index contributed by atoms with van der Waals surface area (Å²) in [5, 5.41) is 3.18. The van der Waals surface area contributed by atoms with Crippen LogP contribution in [0.2, 0.25) is 10.0 Å². The van der Waals surface area contributed by atoms with Crippen LogP contribution < -0.4 is 19.7 Å². The molecule has 4 aromatic rings. The van der Waals surface area contributed by atoms with Gasteiger partial charge in [-0.05, 0) is 78.7 Å². The van der Waals surface area contributed by atoms with Crippen molar-refractivity contribution in [2.24, 2.45) is 0 Å². The highest BCUT2D eigenvalue weighted by Gasteiger charge is 2.37. The van der Waals surface area contributed by atoms with Gasteiger partial charge in [-0.25, -0.2) is 9.69 Å². The Labute approximate surface area is 246 Å². The number of amides is 4. The molecule has 0 atom stereocenters. The first kappa shape index (κ1) is 28.0. The number of carbonyl (C=O) groups excluding carboxylic acids is 3. The van der Waals surface area contributed by atoms with E-state index in [9.17, 15) is 14.4 Å². The van der Waals surface area contributed by atoms with Crippen LogP contribution in [0.15, 0.2) is 96.6 Å². The molecule has 1 aliphatic rings. The normalized spacial score (nSPS) is 14.3. The molecule has 0 aliphatic carbocycles. The number of imide groups is 2. The van der Waals surface area contributed by atoms with Crippen LogP contribution >= 0.6 is 23.2 Å². The van der Waals surface area contributed by atoms with E-state index in [0.29, 0.717) is 33.7 Å². The summed E-state index contributed by atoms with van der Waals surface area (Å²) in [4.78, 5) is 39.8. The maximum Gasteiger partial charge on any atom is 0.335 e. The van der Waals surface area contributed by atoms with Crippen LogP contribution in [0, 0.1) is 6.92 Å². The molecule has 0 spiro atoms. The summed E-state index contributed by atoms with van der Waals surface area (Å²) in [5.74, 6) is -0.657. The zero-order valence-corrected chi connectivity index (χ0v) is 23.4.